The van der Waals surface area contributed by atoms with Crippen LogP contribution in [-0.2, 0) is 6.54 Å². The topological polar surface area (TPSA) is 38.5 Å². The van der Waals surface area contributed by atoms with E-state index in [1.54, 1.807) is 7.11 Å². The van der Waals surface area contributed by atoms with Gasteiger partial charge in [0, 0.05) is 17.6 Å². The van der Waals surface area contributed by atoms with Gasteiger partial charge in [-0.3, -0.25) is 4.90 Å². The molecule has 0 spiro atoms. The Morgan fingerprint density at radius 3 is 2.56 bits per heavy atom. The summed E-state index contributed by atoms with van der Waals surface area (Å²) in [6, 6.07) is 6.30. The Hall–Kier alpha value is -1.06. The molecule has 0 fully saturated rings. The molecule has 0 unspecified atom stereocenters. The zero-order valence-corrected chi connectivity index (χ0v) is 12.3. The van der Waals surface area contributed by atoms with Crippen molar-refractivity contribution in [1.29, 1.82) is 0 Å². The van der Waals surface area contributed by atoms with E-state index in [9.17, 15) is 0 Å². The van der Waals surface area contributed by atoms with Crippen LogP contribution >= 0.6 is 0 Å². The summed E-state index contributed by atoms with van der Waals surface area (Å²) >= 11 is 0. The number of hydrogen-bond donors (Lipinski definition) is 1. The molecule has 1 aromatic carbocycles. The van der Waals surface area contributed by atoms with Gasteiger partial charge in [-0.25, -0.2) is 0 Å². The second kappa shape index (κ2) is 6.21. The minimum atomic E-state index is 0.101. The van der Waals surface area contributed by atoms with Gasteiger partial charge in [0.05, 0.1) is 7.11 Å². The summed E-state index contributed by atoms with van der Waals surface area (Å²) in [6.07, 6.45) is 0.984. The fourth-order valence-corrected chi connectivity index (χ4v) is 2.04. The maximum Gasteiger partial charge on any atom is 0.123 e. The Morgan fingerprint density at radius 1 is 1.33 bits per heavy atom. The molecule has 0 heterocycles. The molecule has 0 amide bonds. The monoisotopic (exact) mass is 250 g/mol. The van der Waals surface area contributed by atoms with Gasteiger partial charge in [0.2, 0.25) is 0 Å². The highest BCUT2D eigenvalue weighted by atomic mass is 16.5. The predicted molar refractivity (Wildman–Crippen MR) is 76.9 cm³/mol. The number of ether oxygens (including phenoxy) is 1. The standard InChI is InChI=1S/C15H26N2O/c1-12-6-7-14(18-5)13(10-12)11-17(4)15(2,3)8-9-16/h6-7,10H,8-9,11,16H2,1-5H3. The maximum atomic E-state index is 5.67. The van der Waals surface area contributed by atoms with E-state index in [1.807, 2.05) is 6.07 Å². The van der Waals surface area contributed by atoms with Gasteiger partial charge in [-0.2, -0.15) is 0 Å². The Labute approximate surface area is 111 Å². The third-order valence-corrected chi connectivity index (χ3v) is 3.63. The molecule has 0 aromatic heterocycles. The third-order valence-electron chi connectivity index (χ3n) is 3.63. The maximum absolute atomic E-state index is 5.67. The Kier molecular flexibility index (Phi) is 5.17. The molecule has 0 aliphatic carbocycles. The van der Waals surface area contributed by atoms with Crippen LogP contribution in [0.4, 0.5) is 0 Å². The van der Waals surface area contributed by atoms with Gasteiger partial charge in [0.1, 0.15) is 5.75 Å². The first-order chi connectivity index (χ1) is 8.40. The molecule has 0 atom stereocenters. The van der Waals surface area contributed by atoms with Crippen LogP contribution in [0.25, 0.3) is 0 Å². The van der Waals surface area contributed by atoms with Crippen molar-refractivity contribution in [2.75, 3.05) is 20.7 Å². The summed E-state index contributed by atoms with van der Waals surface area (Å²) in [7, 11) is 3.86. The first-order valence-electron chi connectivity index (χ1n) is 6.45. The highest BCUT2D eigenvalue weighted by molar-refractivity contribution is 5.36. The molecule has 0 radical (unpaired) electrons. The highest BCUT2D eigenvalue weighted by Crippen LogP contribution is 2.25. The zero-order chi connectivity index (χ0) is 13.8. The van der Waals surface area contributed by atoms with Crippen LogP contribution in [0.2, 0.25) is 0 Å². The minimum absolute atomic E-state index is 0.101. The van der Waals surface area contributed by atoms with Crippen LogP contribution < -0.4 is 10.5 Å². The first-order valence-corrected chi connectivity index (χ1v) is 6.45. The van der Waals surface area contributed by atoms with Gasteiger partial charge in [0.15, 0.2) is 0 Å². The average Bonchev–Trinajstić information content (AvgIpc) is 2.29. The number of rotatable bonds is 6. The molecular weight excluding hydrogens is 224 g/mol. The van der Waals surface area contributed by atoms with Crippen molar-refractivity contribution in [3.05, 3.63) is 29.3 Å². The van der Waals surface area contributed by atoms with E-state index in [4.69, 9.17) is 10.5 Å². The third kappa shape index (κ3) is 3.72. The van der Waals surface area contributed by atoms with Crippen LogP contribution in [0, 0.1) is 6.92 Å². The second-order valence-electron chi connectivity index (χ2n) is 5.52. The molecule has 1 aromatic rings. The predicted octanol–water partition coefficient (Wildman–Crippen LogP) is 2.56. The zero-order valence-electron chi connectivity index (χ0n) is 12.3. The largest absolute Gasteiger partial charge is 0.496 e. The molecule has 0 aliphatic heterocycles. The second-order valence-corrected chi connectivity index (χ2v) is 5.52. The van der Waals surface area contributed by atoms with Crippen molar-refractivity contribution in [2.24, 2.45) is 5.73 Å². The van der Waals surface area contributed by atoms with Crippen LogP contribution in [0.3, 0.4) is 0 Å². The van der Waals surface area contributed by atoms with Gasteiger partial charge >= 0.3 is 0 Å². The quantitative estimate of drug-likeness (QED) is 0.843. The van der Waals surface area contributed by atoms with Crippen LogP contribution in [-0.4, -0.2) is 31.1 Å². The van der Waals surface area contributed by atoms with Gasteiger partial charge in [-0.15, -0.1) is 0 Å². The Bertz CT molecular complexity index is 388. The summed E-state index contributed by atoms with van der Waals surface area (Å²) in [5, 5.41) is 0. The number of methoxy groups -OCH3 is 1. The lowest BCUT2D eigenvalue weighted by atomic mass is 9.97. The molecule has 2 N–H and O–H groups in total. The van der Waals surface area contributed by atoms with E-state index in [0.717, 1.165) is 18.7 Å². The average molecular weight is 250 g/mol. The molecule has 102 valence electrons. The van der Waals surface area contributed by atoms with E-state index >= 15 is 0 Å². The van der Waals surface area contributed by atoms with E-state index in [1.165, 1.54) is 11.1 Å². The molecule has 3 nitrogen and oxygen atoms in total. The van der Waals surface area contributed by atoms with E-state index < -0.39 is 0 Å². The number of nitrogens with zero attached hydrogens (tertiary/aromatic N) is 1. The fourth-order valence-electron chi connectivity index (χ4n) is 2.04. The summed E-state index contributed by atoms with van der Waals surface area (Å²) in [5.41, 5.74) is 8.26. The van der Waals surface area contributed by atoms with Gasteiger partial charge in [-0.05, 0) is 46.9 Å². The van der Waals surface area contributed by atoms with Crippen molar-refractivity contribution in [1.82, 2.24) is 4.90 Å². The van der Waals surface area contributed by atoms with Crippen molar-refractivity contribution >= 4 is 0 Å². The lowest BCUT2D eigenvalue weighted by Crippen LogP contribution is -2.42. The first kappa shape index (κ1) is 15.0. The SMILES string of the molecule is COc1ccc(C)cc1CN(C)C(C)(C)CCN. The summed E-state index contributed by atoms with van der Waals surface area (Å²) in [5.74, 6) is 0.955. The van der Waals surface area contributed by atoms with Crippen LogP contribution in [0.1, 0.15) is 31.4 Å². The summed E-state index contributed by atoms with van der Waals surface area (Å²) < 4.78 is 5.42. The Balaban J connectivity index is 2.86. The highest BCUT2D eigenvalue weighted by Gasteiger charge is 2.23. The van der Waals surface area contributed by atoms with Crippen molar-refractivity contribution < 1.29 is 4.74 Å². The number of hydrogen-bond acceptors (Lipinski definition) is 3. The van der Waals surface area contributed by atoms with Crippen molar-refractivity contribution in [2.45, 2.75) is 39.3 Å². The van der Waals surface area contributed by atoms with E-state index in [-0.39, 0.29) is 5.54 Å². The van der Waals surface area contributed by atoms with E-state index in [2.05, 4.69) is 44.9 Å². The van der Waals surface area contributed by atoms with E-state index in [0.29, 0.717) is 6.54 Å². The molecular formula is C15H26N2O. The number of benzene rings is 1. The molecule has 1 rings (SSSR count). The molecule has 3 heteroatoms. The Morgan fingerprint density at radius 2 is 2.00 bits per heavy atom. The minimum Gasteiger partial charge on any atom is -0.496 e. The molecule has 0 aliphatic rings. The van der Waals surface area contributed by atoms with Crippen LogP contribution in [0.15, 0.2) is 18.2 Å². The van der Waals surface area contributed by atoms with Gasteiger partial charge in [0.25, 0.3) is 0 Å². The van der Waals surface area contributed by atoms with Crippen molar-refractivity contribution in [3.8, 4) is 5.75 Å². The van der Waals surface area contributed by atoms with Crippen LogP contribution in [0.5, 0.6) is 5.75 Å². The molecule has 0 saturated heterocycles. The molecule has 18 heavy (non-hydrogen) atoms. The molecule has 0 saturated carbocycles. The smallest absolute Gasteiger partial charge is 0.123 e. The fraction of sp³-hybridized carbons (Fsp3) is 0.600. The lowest BCUT2D eigenvalue weighted by molar-refractivity contribution is 0.138. The summed E-state index contributed by atoms with van der Waals surface area (Å²) in [6.45, 7) is 8.14. The number of aryl methyl sites for hydroxylation is 1. The lowest BCUT2D eigenvalue weighted by Gasteiger charge is -2.35. The van der Waals surface area contributed by atoms with Gasteiger partial charge < -0.3 is 10.5 Å². The molecule has 0 bridgehead atoms. The normalized spacial score (nSPS) is 11.9. The summed E-state index contributed by atoms with van der Waals surface area (Å²) in [4.78, 5) is 2.33. The van der Waals surface area contributed by atoms with Gasteiger partial charge in [-0.1, -0.05) is 17.7 Å². The van der Waals surface area contributed by atoms with Crippen molar-refractivity contribution in [3.63, 3.8) is 0 Å². The number of nitrogens with two attached hydrogens (primary N) is 1.